The molecule has 1 aromatic heterocycles. The molecule has 146 valence electrons. The number of hydrazone groups is 1. The number of nitrogens with zero attached hydrogens (tertiary/aromatic N) is 3. The maximum absolute atomic E-state index is 13.4. The molecule has 0 bridgehead atoms. The summed E-state index contributed by atoms with van der Waals surface area (Å²) in [7, 11) is 0. The van der Waals surface area contributed by atoms with Crippen molar-refractivity contribution < 1.29 is 9.18 Å². The fraction of sp³-hybridized carbons (Fsp3) is 0.350. The van der Waals surface area contributed by atoms with Crippen LogP contribution in [0.5, 0.6) is 0 Å². The van der Waals surface area contributed by atoms with E-state index in [1.807, 2.05) is 17.5 Å². The molecule has 1 aromatic carbocycles. The number of likely N-dealkylation sites (tertiary alicyclic amines) is 1. The van der Waals surface area contributed by atoms with E-state index in [-0.39, 0.29) is 23.5 Å². The Kier molecular flexibility index (Phi) is 6.08. The van der Waals surface area contributed by atoms with Gasteiger partial charge in [-0.05, 0) is 42.0 Å². The standard InChI is InChI=1S/C20H20FN3OS3/c21-15-7-5-14(6-8-15)17-12-16(18-4-3-11-27-18)22-24(17)19(25)13-28-20(26)23-9-1-2-10-23/h3-8,11,17H,1-2,9-10,12-13H2/t17-/m0/s1. The van der Waals surface area contributed by atoms with Crippen LogP contribution in [0.4, 0.5) is 4.39 Å². The van der Waals surface area contributed by atoms with Crippen molar-refractivity contribution in [1.82, 2.24) is 9.91 Å². The number of rotatable bonds is 4. The zero-order chi connectivity index (χ0) is 19.5. The molecule has 8 heteroatoms. The SMILES string of the molecule is O=C(CSC(=S)N1CCCC1)N1N=C(c2cccs2)C[C@H]1c1ccc(F)cc1. The third-order valence-electron chi connectivity index (χ3n) is 4.91. The van der Waals surface area contributed by atoms with Crippen LogP contribution in [0.1, 0.15) is 35.7 Å². The van der Waals surface area contributed by atoms with E-state index in [4.69, 9.17) is 12.2 Å². The van der Waals surface area contributed by atoms with Crippen molar-refractivity contribution in [3.05, 3.63) is 58.0 Å². The molecular weight excluding hydrogens is 413 g/mol. The minimum absolute atomic E-state index is 0.0765. The Bertz CT molecular complexity index is 877. The van der Waals surface area contributed by atoms with Crippen LogP contribution in [0.3, 0.4) is 0 Å². The van der Waals surface area contributed by atoms with Crippen LogP contribution in [0.25, 0.3) is 0 Å². The number of hydrogen-bond donors (Lipinski definition) is 0. The molecule has 4 nitrogen and oxygen atoms in total. The molecule has 28 heavy (non-hydrogen) atoms. The minimum Gasteiger partial charge on any atom is -0.358 e. The number of benzene rings is 1. The topological polar surface area (TPSA) is 35.9 Å². The average molecular weight is 434 g/mol. The highest BCUT2D eigenvalue weighted by Gasteiger charge is 2.33. The Morgan fingerprint density at radius 2 is 2.00 bits per heavy atom. The molecule has 1 amide bonds. The summed E-state index contributed by atoms with van der Waals surface area (Å²) >= 11 is 8.49. The van der Waals surface area contributed by atoms with Crippen molar-refractivity contribution in [3.63, 3.8) is 0 Å². The highest BCUT2D eigenvalue weighted by molar-refractivity contribution is 8.23. The first kappa shape index (κ1) is 19.5. The van der Waals surface area contributed by atoms with E-state index in [1.54, 1.807) is 28.5 Å². The van der Waals surface area contributed by atoms with Crippen LogP contribution < -0.4 is 0 Å². The van der Waals surface area contributed by atoms with Gasteiger partial charge in [-0.3, -0.25) is 4.79 Å². The van der Waals surface area contributed by atoms with E-state index in [0.717, 1.165) is 46.4 Å². The Labute approximate surface area is 177 Å². The first-order valence-corrected chi connectivity index (χ1v) is 11.5. The number of thiophene rings is 1. The van der Waals surface area contributed by atoms with Gasteiger partial charge in [0.25, 0.3) is 5.91 Å². The largest absolute Gasteiger partial charge is 0.358 e. The quantitative estimate of drug-likeness (QED) is 0.656. The molecule has 1 saturated heterocycles. The zero-order valence-corrected chi connectivity index (χ0v) is 17.7. The minimum atomic E-state index is -0.287. The van der Waals surface area contributed by atoms with Crippen LogP contribution in [0, 0.1) is 5.82 Å². The van der Waals surface area contributed by atoms with Crippen molar-refractivity contribution in [2.75, 3.05) is 18.8 Å². The van der Waals surface area contributed by atoms with Gasteiger partial charge in [-0.1, -0.05) is 42.2 Å². The lowest BCUT2D eigenvalue weighted by molar-refractivity contribution is -0.130. The molecule has 2 aliphatic heterocycles. The number of thiocarbonyl (C=S) groups is 1. The van der Waals surface area contributed by atoms with Gasteiger partial charge in [0, 0.05) is 19.5 Å². The average Bonchev–Trinajstić information content (AvgIpc) is 3.47. The third-order valence-corrected chi connectivity index (χ3v) is 7.34. The molecule has 2 aromatic rings. The van der Waals surface area contributed by atoms with Crippen molar-refractivity contribution in [3.8, 4) is 0 Å². The Morgan fingerprint density at radius 1 is 1.25 bits per heavy atom. The number of carbonyl (C=O) groups is 1. The summed E-state index contributed by atoms with van der Waals surface area (Å²) in [6, 6.07) is 10.1. The van der Waals surface area contributed by atoms with Crippen molar-refractivity contribution in [2.24, 2.45) is 5.10 Å². The Balaban J connectivity index is 1.50. The molecule has 2 aliphatic rings. The van der Waals surface area contributed by atoms with E-state index in [1.165, 1.54) is 23.9 Å². The van der Waals surface area contributed by atoms with Gasteiger partial charge in [0.05, 0.1) is 22.4 Å². The highest BCUT2D eigenvalue weighted by Crippen LogP contribution is 2.34. The first-order valence-electron chi connectivity index (χ1n) is 9.22. The van der Waals surface area contributed by atoms with Crippen LogP contribution in [0.2, 0.25) is 0 Å². The summed E-state index contributed by atoms with van der Waals surface area (Å²) in [6.07, 6.45) is 2.93. The smallest absolute Gasteiger partial charge is 0.253 e. The third kappa shape index (κ3) is 4.29. The monoisotopic (exact) mass is 433 g/mol. The molecule has 3 heterocycles. The van der Waals surface area contributed by atoms with Crippen LogP contribution in [-0.2, 0) is 4.79 Å². The van der Waals surface area contributed by atoms with Crippen LogP contribution in [-0.4, -0.2) is 44.7 Å². The molecular formula is C20H20FN3OS3. The number of amides is 1. The van der Waals surface area contributed by atoms with Crippen molar-refractivity contribution in [2.45, 2.75) is 25.3 Å². The van der Waals surface area contributed by atoms with Gasteiger partial charge in [0.2, 0.25) is 0 Å². The predicted octanol–water partition coefficient (Wildman–Crippen LogP) is 4.68. The zero-order valence-electron chi connectivity index (χ0n) is 15.2. The second-order valence-corrected chi connectivity index (χ2v) is 9.34. The number of hydrogen-bond acceptors (Lipinski definition) is 5. The molecule has 1 fully saturated rings. The van der Waals surface area contributed by atoms with Gasteiger partial charge in [-0.15, -0.1) is 11.3 Å². The Hall–Kier alpha value is -1.77. The van der Waals surface area contributed by atoms with E-state index in [2.05, 4.69) is 10.0 Å². The molecule has 0 radical (unpaired) electrons. The van der Waals surface area contributed by atoms with E-state index in [0.29, 0.717) is 6.42 Å². The molecule has 0 unspecified atom stereocenters. The summed E-state index contributed by atoms with van der Waals surface area (Å²) in [5.74, 6) is -0.105. The molecule has 0 saturated carbocycles. The van der Waals surface area contributed by atoms with E-state index in [9.17, 15) is 9.18 Å². The lowest BCUT2D eigenvalue weighted by Crippen LogP contribution is -2.30. The molecule has 0 spiro atoms. The van der Waals surface area contributed by atoms with Gasteiger partial charge in [-0.2, -0.15) is 5.10 Å². The lowest BCUT2D eigenvalue weighted by Gasteiger charge is -2.23. The molecule has 0 N–H and O–H groups in total. The van der Waals surface area contributed by atoms with Crippen LogP contribution >= 0.6 is 35.3 Å². The first-order chi connectivity index (χ1) is 13.6. The normalized spacial score (nSPS) is 19.2. The second kappa shape index (κ2) is 8.71. The maximum Gasteiger partial charge on any atom is 0.253 e. The van der Waals surface area contributed by atoms with Gasteiger partial charge in [0.15, 0.2) is 0 Å². The predicted molar refractivity (Wildman–Crippen MR) is 117 cm³/mol. The fourth-order valence-electron chi connectivity index (χ4n) is 3.46. The number of halogens is 1. The van der Waals surface area contributed by atoms with Gasteiger partial charge in [-0.25, -0.2) is 9.40 Å². The summed E-state index contributed by atoms with van der Waals surface area (Å²) in [6.45, 7) is 1.95. The molecule has 1 atom stereocenters. The summed E-state index contributed by atoms with van der Waals surface area (Å²) < 4.78 is 14.1. The number of carbonyl (C=O) groups excluding carboxylic acids is 1. The van der Waals surface area contributed by atoms with Crippen molar-refractivity contribution in [1.29, 1.82) is 0 Å². The van der Waals surface area contributed by atoms with Crippen LogP contribution in [0.15, 0.2) is 46.9 Å². The highest BCUT2D eigenvalue weighted by atomic mass is 32.2. The lowest BCUT2D eigenvalue weighted by atomic mass is 10.0. The maximum atomic E-state index is 13.4. The molecule has 4 rings (SSSR count). The molecule has 0 aliphatic carbocycles. The van der Waals surface area contributed by atoms with E-state index < -0.39 is 0 Å². The summed E-state index contributed by atoms with van der Waals surface area (Å²) in [5.41, 5.74) is 1.78. The fourth-order valence-corrected chi connectivity index (χ4v) is 5.28. The second-order valence-electron chi connectivity index (χ2n) is 6.78. The van der Waals surface area contributed by atoms with E-state index >= 15 is 0 Å². The summed E-state index contributed by atoms with van der Waals surface area (Å²) in [5, 5.41) is 8.19. The van der Waals surface area contributed by atoms with Gasteiger partial charge >= 0.3 is 0 Å². The van der Waals surface area contributed by atoms with Gasteiger partial charge < -0.3 is 4.90 Å². The summed E-state index contributed by atoms with van der Waals surface area (Å²) in [4.78, 5) is 16.2. The Morgan fingerprint density at radius 3 is 2.68 bits per heavy atom. The van der Waals surface area contributed by atoms with Crippen molar-refractivity contribution >= 4 is 51.3 Å². The van der Waals surface area contributed by atoms with Gasteiger partial charge in [0.1, 0.15) is 10.1 Å². The number of thioether (sulfide) groups is 1.